The predicted octanol–water partition coefficient (Wildman–Crippen LogP) is 3.04. The Morgan fingerprint density at radius 1 is 1.21 bits per heavy atom. The zero-order valence-corrected chi connectivity index (χ0v) is 11.3. The minimum atomic E-state index is 0.802. The van der Waals surface area contributed by atoms with Gasteiger partial charge < -0.3 is 4.98 Å². The van der Waals surface area contributed by atoms with E-state index < -0.39 is 0 Å². The van der Waals surface area contributed by atoms with Gasteiger partial charge in [-0.3, -0.25) is 4.98 Å². The Hall–Kier alpha value is -2.21. The SMILES string of the molecule is Brc1ccc2nc(-c3cnn4ccncc34)[nH]c2c1. The maximum atomic E-state index is 4.59. The molecule has 0 aliphatic heterocycles. The van der Waals surface area contributed by atoms with Crippen LogP contribution in [0.15, 0.2) is 47.5 Å². The van der Waals surface area contributed by atoms with Crippen molar-refractivity contribution < 1.29 is 0 Å². The minimum Gasteiger partial charge on any atom is -0.338 e. The van der Waals surface area contributed by atoms with Crippen LogP contribution in [0.1, 0.15) is 0 Å². The van der Waals surface area contributed by atoms with Gasteiger partial charge in [0.05, 0.1) is 34.5 Å². The van der Waals surface area contributed by atoms with Crippen molar-refractivity contribution in [3.8, 4) is 11.4 Å². The molecule has 0 aliphatic rings. The van der Waals surface area contributed by atoms with E-state index in [1.54, 1.807) is 23.1 Å². The molecule has 0 atom stereocenters. The number of nitrogens with one attached hydrogen (secondary N) is 1. The Morgan fingerprint density at radius 3 is 3.11 bits per heavy atom. The number of aromatic amines is 1. The molecule has 4 aromatic rings. The molecule has 1 aromatic carbocycles. The smallest absolute Gasteiger partial charge is 0.142 e. The molecule has 0 unspecified atom stereocenters. The molecule has 19 heavy (non-hydrogen) atoms. The van der Waals surface area contributed by atoms with Crippen molar-refractivity contribution >= 4 is 32.5 Å². The maximum absolute atomic E-state index is 4.59. The van der Waals surface area contributed by atoms with E-state index in [2.05, 4.69) is 36.0 Å². The lowest BCUT2D eigenvalue weighted by Gasteiger charge is -1.93. The number of nitrogens with zero attached hydrogens (tertiary/aromatic N) is 4. The minimum absolute atomic E-state index is 0.802. The van der Waals surface area contributed by atoms with E-state index in [9.17, 15) is 0 Å². The molecule has 0 saturated heterocycles. The van der Waals surface area contributed by atoms with Gasteiger partial charge in [0, 0.05) is 16.9 Å². The molecule has 4 rings (SSSR count). The highest BCUT2D eigenvalue weighted by atomic mass is 79.9. The Balaban J connectivity index is 1.99. The van der Waals surface area contributed by atoms with Crippen LogP contribution in [0.5, 0.6) is 0 Å². The summed E-state index contributed by atoms with van der Waals surface area (Å²) in [5, 5.41) is 4.29. The van der Waals surface area contributed by atoms with Gasteiger partial charge in [-0.15, -0.1) is 0 Å². The van der Waals surface area contributed by atoms with Crippen LogP contribution in [-0.4, -0.2) is 24.6 Å². The van der Waals surface area contributed by atoms with Crippen molar-refractivity contribution in [2.24, 2.45) is 0 Å². The lowest BCUT2D eigenvalue weighted by molar-refractivity contribution is 0.946. The average Bonchev–Trinajstić information content (AvgIpc) is 3.00. The third-order valence-corrected chi connectivity index (χ3v) is 3.52. The summed E-state index contributed by atoms with van der Waals surface area (Å²) >= 11 is 3.46. The van der Waals surface area contributed by atoms with Gasteiger partial charge in [0.1, 0.15) is 5.82 Å². The van der Waals surface area contributed by atoms with E-state index in [1.807, 2.05) is 24.4 Å². The first-order valence-electron chi connectivity index (χ1n) is 5.74. The molecule has 0 fully saturated rings. The molecular weight excluding hydrogens is 306 g/mol. The van der Waals surface area contributed by atoms with Crippen LogP contribution in [0.4, 0.5) is 0 Å². The fourth-order valence-corrected chi connectivity index (χ4v) is 2.49. The molecule has 1 N–H and O–H groups in total. The Morgan fingerprint density at radius 2 is 2.16 bits per heavy atom. The number of aromatic nitrogens is 5. The molecule has 0 saturated carbocycles. The van der Waals surface area contributed by atoms with Gasteiger partial charge in [0.25, 0.3) is 0 Å². The molecule has 92 valence electrons. The van der Waals surface area contributed by atoms with Gasteiger partial charge in [-0.25, -0.2) is 9.50 Å². The first kappa shape index (κ1) is 10.7. The van der Waals surface area contributed by atoms with E-state index in [0.29, 0.717) is 0 Å². The fourth-order valence-electron chi connectivity index (χ4n) is 2.13. The van der Waals surface area contributed by atoms with E-state index in [0.717, 1.165) is 32.4 Å². The summed E-state index contributed by atoms with van der Waals surface area (Å²) in [4.78, 5) is 12.0. The summed E-state index contributed by atoms with van der Waals surface area (Å²) in [6.07, 6.45) is 7.10. The lowest BCUT2D eigenvalue weighted by Crippen LogP contribution is -1.86. The molecule has 3 aromatic heterocycles. The van der Waals surface area contributed by atoms with Crippen LogP contribution < -0.4 is 0 Å². The van der Waals surface area contributed by atoms with Crippen molar-refractivity contribution in [2.45, 2.75) is 0 Å². The summed E-state index contributed by atoms with van der Waals surface area (Å²) in [5.41, 5.74) is 3.80. The highest BCUT2D eigenvalue weighted by Crippen LogP contribution is 2.25. The monoisotopic (exact) mass is 313 g/mol. The van der Waals surface area contributed by atoms with Crippen LogP contribution in [0.2, 0.25) is 0 Å². The van der Waals surface area contributed by atoms with Crippen molar-refractivity contribution in [3.63, 3.8) is 0 Å². The van der Waals surface area contributed by atoms with E-state index >= 15 is 0 Å². The second-order valence-electron chi connectivity index (χ2n) is 4.21. The third kappa shape index (κ3) is 1.64. The number of hydrogen-bond donors (Lipinski definition) is 1. The fraction of sp³-hybridized carbons (Fsp3) is 0. The van der Waals surface area contributed by atoms with Crippen LogP contribution in [-0.2, 0) is 0 Å². The lowest BCUT2D eigenvalue weighted by atomic mass is 10.3. The van der Waals surface area contributed by atoms with Crippen molar-refractivity contribution in [3.05, 3.63) is 47.5 Å². The van der Waals surface area contributed by atoms with Crippen LogP contribution in [0.3, 0.4) is 0 Å². The third-order valence-electron chi connectivity index (χ3n) is 3.02. The Bertz CT molecular complexity index is 892. The largest absolute Gasteiger partial charge is 0.338 e. The predicted molar refractivity (Wildman–Crippen MR) is 75.8 cm³/mol. The topological polar surface area (TPSA) is 58.9 Å². The molecule has 0 amide bonds. The van der Waals surface area contributed by atoms with Crippen LogP contribution in [0.25, 0.3) is 27.9 Å². The molecule has 5 nitrogen and oxygen atoms in total. The van der Waals surface area contributed by atoms with Crippen molar-refractivity contribution in [1.82, 2.24) is 24.6 Å². The second-order valence-corrected chi connectivity index (χ2v) is 5.13. The Labute approximate surface area is 116 Å². The molecule has 0 bridgehead atoms. The van der Waals surface area contributed by atoms with Crippen molar-refractivity contribution in [1.29, 1.82) is 0 Å². The molecule has 0 aliphatic carbocycles. The number of fused-ring (bicyclic) bond motifs is 2. The van der Waals surface area contributed by atoms with Gasteiger partial charge in [0.2, 0.25) is 0 Å². The van der Waals surface area contributed by atoms with Crippen LogP contribution in [0, 0.1) is 0 Å². The summed E-state index contributed by atoms with van der Waals surface area (Å²) in [7, 11) is 0. The van der Waals surface area contributed by atoms with Gasteiger partial charge in [-0.1, -0.05) is 15.9 Å². The summed E-state index contributed by atoms with van der Waals surface area (Å²) < 4.78 is 2.81. The highest BCUT2D eigenvalue weighted by Gasteiger charge is 2.11. The number of halogens is 1. The summed E-state index contributed by atoms with van der Waals surface area (Å²) in [6, 6.07) is 5.96. The van der Waals surface area contributed by atoms with Gasteiger partial charge >= 0.3 is 0 Å². The summed E-state index contributed by atoms with van der Waals surface area (Å²) in [5.74, 6) is 0.802. The number of rotatable bonds is 1. The van der Waals surface area contributed by atoms with Crippen LogP contribution >= 0.6 is 15.9 Å². The zero-order valence-electron chi connectivity index (χ0n) is 9.71. The first-order valence-corrected chi connectivity index (χ1v) is 6.53. The second kappa shape index (κ2) is 3.89. The summed E-state index contributed by atoms with van der Waals surface area (Å²) in [6.45, 7) is 0. The first-order chi connectivity index (χ1) is 9.31. The Kier molecular flexibility index (Phi) is 2.19. The highest BCUT2D eigenvalue weighted by molar-refractivity contribution is 9.10. The average molecular weight is 314 g/mol. The van der Waals surface area contributed by atoms with Crippen molar-refractivity contribution in [2.75, 3.05) is 0 Å². The standard InChI is InChI=1S/C13H8BrN5/c14-8-1-2-10-11(5-8)18-13(17-10)9-6-16-19-4-3-15-7-12(9)19/h1-7H,(H,17,18). The molecule has 0 spiro atoms. The van der Waals surface area contributed by atoms with Gasteiger partial charge in [-0.05, 0) is 18.2 Å². The maximum Gasteiger partial charge on any atom is 0.142 e. The van der Waals surface area contributed by atoms with Gasteiger partial charge in [-0.2, -0.15) is 5.10 Å². The van der Waals surface area contributed by atoms with Gasteiger partial charge in [0.15, 0.2) is 0 Å². The quantitative estimate of drug-likeness (QED) is 0.587. The number of imidazole rings is 1. The normalized spacial score (nSPS) is 11.4. The molecular formula is C13H8BrN5. The van der Waals surface area contributed by atoms with E-state index in [4.69, 9.17) is 0 Å². The number of hydrogen-bond acceptors (Lipinski definition) is 3. The number of H-pyrrole nitrogens is 1. The van der Waals surface area contributed by atoms with E-state index in [-0.39, 0.29) is 0 Å². The molecule has 6 heteroatoms. The number of benzene rings is 1. The zero-order chi connectivity index (χ0) is 12.8. The molecule has 0 radical (unpaired) electrons. The molecule has 3 heterocycles. The van der Waals surface area contributed by atoms with E-state index in [1.165, 1.54) is 0 Å².